The van der Waals surface area contributed by atoms with Crippen molar-refractivity contribution in [3.63, 3.8) is 0 Å². The molecule has 1 aromatic heterocycles. The van der Waals surface area contributed by atoms with Gasteiger partial charge in [-0.1, -0.05) is 11.6 Å². The molecule has 2 N–H and O–H groups in total. The minimum atomic E-state index is -0.274. The molecule has 1 atom stereocenters. The molecule has 5 nitrogen and oxygen atoms in total. The minimum absolute atomic E-state index is 0.165. The summed E-state index contributed by atoms with van der Waals surface area (Å²) in [4.78, 5) is 18.9. The fourth-order valence-electron chi connectivity index (χ4n) is 0.768. The van der Waals surface area contributed by atoms with E-state index in [9.17, 15) is 4.79 Å². The SMILES string of the molecule is CNC(C)C(=O)Nc1cc(Cl)ncn1. The molecule has 0 aliphatic rings. The Hall–Kier alpha value is -1.20. The molecule has 1 aromatic rings. The van der Waals surface area contributed by atoms with Gasteiger partial charge in [-0.2, -0.15) is 0 Å². The number of anilines is 1. The van der Waals surface area contributed by atoms with E-state index in [0.29, 0.717) is 11.0 Å². The van der Waals surface area contributed by atoms with Gasteiger partial charge in [-0.3, -0.25) is 4.79 Å². The molecule has 0 saturated heterocycles. The van der Waals surface area contributed by atoms with Gasteiger partial charge in [0.2, 0.25) is 5.91 Å². The number of halogens is 1. The van der Waals surface area contributed by atoms with Crippen molar-refractivity contribution in [1.29, 1.82) is 0 Å². The second-order valence-corrected chi connectivity index (χ2v) is 3.11. The highest BCUT2D eigenvalue weighted by Crippen LogP contribution is 2.08. The lowest BCUT2D eigenvalue weighted by molar-refractivity contribution is -0.117. The highest BCUT2D eigenvalue weighted by atomic mass is 35.5. The number of carbonyl (C=O) groups excluding carboxylic acids is 1. The molecule has 1 heterocycles. The summed E-state index contributed by atoms with van der Waals surface area (Å²) in [6.45, 7) is 1.75. The number of nitrogens with zero attached hydrogens (tertiary/aromatic N) is 2. The summed E-state index contributed by atoms with van der Waals surface area (Å²) >= 11 is 5.62. The van der Waals surface area contributed by atoms with E-state index in [1.807, 2.05) is 0 Å². The van der Waals surface area contributed by atoms with Gasteiger partial charge in [0.25, 0.3) is 0 Å². The molecule has 0 aliphatic carbocycles. The van der Waals surface area contributed by atoms with Gasteiger partial charge in [0.15, 0.2) is 0 Å². The summed E-state index contributed by atoms with van der Waals surface area (Å²) in [7, 11) is 1.71. The van der Waals surface area contributed by atoms with Crippen LogP contribution in [0, 0.1) is 0 Å². The van der Waals surface area contributed by atoms with Gasteiger partial charge in [0.1, 0.15) is 17.3 Å². The normalized spacial score (nSPS) is 12.2. The summed E-state index contributed by atoms with van der Waals surface area (Å²) in [6.07, 6.45) is 1.29. The van der Waals surface area contributed by atoms with E-state index in [0.717, 1.165) is 0 Å². The topological polar surface area (TPSA) is 66.9 Å². The van der Waals surface area contributed by atoms with Gasteiger partial charge < -0.3 is 10.6 Å². The molecule has 6 heteroatoms. The molecular formula is C8H11ClN4O. The number of hydrogen-bond donors (Lipinski definition) is 2. The monoisotopic (exact) mass is 214 g/mol. The summed E-state index contributed by atoms with van der Waals surface area (Å²) in [6, 6.07) is 1.21. The maximum Gasteiger partial charge on any atom is 0.242 e. The van der Waals surface area contributed by atoms with Crippen LogP contribution < -0.4 is 10.6 Å². The standard InChI is InChI=1S/C8H11ClN4O/c1-5(10-2)8(14)13-7-3-6(9)11-4-12-7/h3-5,10H,1-2H3,(H,11,12,13,14). The quantitative estimate of drug-likeness (QED) is 0.727. The average Bonchev–Trinajstić information content (AvgIpc) is 2.16. The average molecular weight is 215 g/mol. The predicted octanol–water partition coefficient (Wildman–Crippen LogP) is 0.676. The Kier molecular flexibility index (Phi) is 3.79. The van der Waals surface area contributed by atoms with Crippen molar-refractivity contribution in [3.8, 4) is 0 Å². The number of nitrogens with one attached hydrogen (secondary N) is 2. The fourth-order valence-corrected chi connectivity index (χ4v) is 0.915. The van der Waals surface area contributed by atoms with Gasteiger partial charge in [0, 0.05) is 6.07 Å². The smallest absolute Gasteiger partial charge is 0.242 e. The van der Waals surface area contributed by atoms with Crippen molar-refractivity contribution in [2.45, 2.75) is 13.0 Å². The molecule has 0 fully saturated rings. The number of aromatic nitrogens is 2. The van der Waals surface area contributed by atoms with E-state index in [2.05, 4.69) is 20.6 Å². The summed E-state index contributed by atoms with van der Waals surface area (Å²) in [5.74, 6) is 0.236. The van der Waals surface area contributed by atoms with Gasteiger partial charge in [-0.05, 0) is 14.0 Å². The number of likely N-dealkylation sites (N-methyl/N-ethyl adjacent to an activating group) is 1. The van der Waals surface area contributed by atoms with Crippen LogP contribution in [0.2, 0.25) is 5.15 Å². The Morgan fingerprint density at radius 1 is 1.57 bits per heavy atom. The molecule has 0 aliphatic heterocycles. The molecule has 0 spiro atoms. The Bertz CT molecular complexity index is 331. The third-order valence-corrected chi connectivity index (χ3v) is 1.92. The summed E-state index contributed by atoms with van der Waals surface area (Å²) in [5.41, 5.74) is 0. The zero-order valence-corrected chi connectivity index (χ0v) is 8.67. The Balaban J connectivity index is 2.65. The van der Waals surface area contributed by atoms with Crippen LogP contribution in [0.5, 0.6) is 0 Å². The zero-order valence-electron chi connectivity index (χ0n) is 7.91. The molecule has 0 aromatic carbocycles. The van der Waals surface area contributed by atoms with Crippen LogP contribution in [0.25, 0.3) is 0 Å². The second kappa shape index (κ2) is 4.88. The highest BCUT2D eigenvalue weighted by molar-refractivity contribution is 6.29. The van der Waals surface area contributed by atoms with Crippen molar-refractivity contribution in [1.82, 2.24) is 15.3 Å². The maximum atomic E-state index is 11.4. The molecule has 76 valence electrons. The van der Waals surface area contributed by atoms with Crippen molar-refractivity contribution >= 4 is 23.3 Å². The molecular weight excluding hydrogens is 204 g/mol. The van der Waals surface area contributed by atoms with E-state index < -0.39 is 0 Å². The van der Waals surface area contributed by atoms with Crippen LogP contribution in [0.1, 0.15) is 6.92 Å². The van der Waals surface area contributed by atoms with Crippen LogP contribution in [-0.4, -0.2) is 29.0 Å². The second-order valence-electron chi connectivity index (χ2n) is 2.73. The lowest BCUT2D eigenvalue weighted by atomic mass is 10.3. The minimum Gasteiger partial charge on any atom is -0.309 e. The van der Waals surface area contributed by atoms with Crippen LogP contribution in [0.15, 0.2) is 12.4 Å². The van der Waals surface area contributed by atoms with Gasteiger partial charge in [0.05, 0.1) is 6.04 Å². The Labute approximate surface area is 86.9 Å². The first-order chi connectivity index (χ1) is 6.63. The molecule has 14 heavy (non-hydrogen) atoms. The van der Waals surface area contributed by atoms with Gasteiger partial charge >= 0.3 is 0 Å². The lowest BCUT2D eigenvalue weighted by Gasteiger charge is -2.09. The third-order valence-electron chi connectivity index (χ3n) is 1.71. The Morgan fingerprint density at radius 3 is 2.86 bits per heavy atom. The van der Waals surface area contributed by atoms with E-state index in [4.69, 9.17) is 11.6 Å². The lowest BCUT2D eigenvalue weighted by Crippen LogP contribution is -2.35. The maximum absolute atomic E-state index is 11.4. The molecule has 1 unspecified atom stereocenters. The molecule has 1 amide bonds. The first kappa shape index (κ1) is 10.9. The largest absolute Gasteiger partial charge is 0.309 e. The first-order valence-corrected chi connectivity index (χ1v) is 4.47. The fraction of sp³-hybridized carbons (Fsp3) is 0.375. The van der Waals surface area contributed by atoms with Crippen LogP contribution >= 0.6 is 11.6 Å². The van der Waals surface area contributed by atoms with E-state index in [-0.39, 0.29) is 11.9 Å². The summed E-state index contributed by atoms with van der Waals surface area (Å²) < 4.78 is 0. The van der Waals surface area contributed by atoms with Crippen molar-refractivity contribution < 1.29 is 4.79 Å². The number of amides is 1. The van der Waals surface area contributed by atoms with Crippen molar-refractivity contribution in [2.24, 2.45) is 0 Å². The highest BCUT2D eigenvalue weighted by Gasteiger charge is 2.10. The first-order valence-electron chi connectivity index (χ1n) is 4.09. The molecule has 0 saturated carbocycles. The number of hydrogen-bond acceptors (Lipinski definition) is 4. The Morgan fingerprint density at radius 2 is 2.29 bits per heavy atom. The van der Waals surface area contributed by atoms with Crippen LogP contribution in [0.3, 0.4) is 0 Å². The molecule has 0 bridgehead atoms. The van der Waals surface area contributed by atoms with E-state index in [1.165, 1.54) is 12.4 Å². The van der Waals surface area contributed by atoms with E-state index in [1.54, 1.807) is 14.0 Å². The van der Waals surface area contributed by atoms with Gasteiger partial charge in [-0.15, -0.1) is 0 Å². The van der Waals surface area contributed by atoms with Crippen LogP contribution in [0.4, 0.5) is 5.82 Å². The predicted molar refractivity (Wildman–Crippen MR) is 54.2 cm³/mol. The summed E-state index contributed by atoms with van der Waals surface area (Å²) in [5, 5.41) is 5.71. The van der Waals surface area contributed by atoms with Gasteiger partial charge in [-0.25, -0.2) is 9.97 Å². The van der Waals surface area contributed by atoms with Crippen molar-refractivity contribution in [2.75, 3.05) is 12.4 Å². The van der Waals surface area contributed by atoms with Crippen LogP contribution in [-0.2, 0) is 4.79 Å². The number of carbonyl (C=O) groups is 1. The van der Waals surface area contributed by atoms with E-state index >= 15 is 0 Å². The third kappa shape index (κ3) is 2.93. The molecule has 0 radical (unpaired) electrons. The molecule has 1 rings (SSSR count). The number of rotatable bonds is 3. The zero-order chi connectivity index (χ0) is 10.6. The van der Waals surface area contributed by atoms with Crippen molar-refractivity contribution in [3.05, 3.63) is 17.5 Å².